The quantitative estimate of drug-likeness (QED) is 0.636. The van der Waals surface area contributed by atoms with Crippen molar-refractivity contribution in [2.24, 2.45) is 0 Å². The van der Waals surface area contributed by atoms with E-state index in [0.717, 1.165) is 32.2 Å². The van der Waals surface area contributed by atoms with E-state index in [1.54, 1.807) is 17.0 Å². The average molecular weight is 302 g/mol. The lowest BCUT2D eigenvalue weighted by Crippen LogP contribution is -2.40. The van der Waals surface area contributed by atoms with Crippen LogP contribution >= 0.6 is 0 Å². The van der Waals surface area contributed by atoms with Crippen molar-refractivity contribution in [2.45, 2.75) is 38.6 Å². The maximum atomic E-state index is 11.6. The van der Waals surface area contributed by atoms with E-state index >= 15 is 0 Å². The summed E-state index contributed by atoms with van der Waals surface area (Å²) in [5.74, 6) is 0.670. The number of rotatable bonds is 4. The van der Waals surface area contributed by atoms with Gasteiger partial charge in [-0.25, -0.2) is 15.0 Å². The molecule has 0 aliphatic carbocycles. The van der Waals surface area contributed by atoms with Crippen LogP contribution in [0, 0.1) is 10.1 Å². The van der Waals surface area contributed by atoms with Gasteiger partial charge in [-0.3, -0.25) is 14.7 Å². The molecule has 1 saturated heterocycles. The second-order valence-corrected chi connectivity index (χ2v) is 5.35. The molecule has 116 valence electrons. The molecule has 1 atom stereocenters. The maximum Gasteiger partial charge on any atom is 0.354 e. The first-order chi connectivity index (χ1) is 10.7. The molecule has 0 saturated carbocycles. The second-order valence-electron chi connectivity index (χ2n) is 5.35. The summed E-state index contributed by atoms with van der Waals surface area (Å²) in [7, 11) is 0. The molecule has 0 bridgehead atoms. The van der Waals surface area contributed by atoms with Gasteiger partial charge in [-0.2, -0.15) is 0 Å². The van der Waals surface area contributed by atoms with Crippen molar-refractivity contribution in [1.29, 1.82) is 0 Å². The molecule has 3 heterocycles. The summed E-state index contributed by atoms with van der Waals surface area (Å²) in [5, 5.41) is 11.6. The normalized spacial score (nSPS) is 18.4. The fourth-order valence-corrected chi connectivity index (χ4v) is 3.01. The molecule has 0 radical (unpaired) electrons. The number of anilines is 1. The molecule has 1 aliphatic heterocycles. The van der Waals surface area contributed by atoms with Crippen LogP contribution in [0.25, 0.3) is 5.82 Å². The van der Waals surface area contributed by atoms with Gasteiger partial charge in [0.15, 0.2) is 0 Å². The monoisotopic (exact) mass is 302 g/mol. The highest BCUT2D eigenvalue weighted by molar-refractivity contribution is 5.66. The van der Waals surface area contributed by atoms with E-state index in [1.807, 2.05) is 0 Å². The molecule has 0 aromatic carbocycles. The van der Waals surface area contributed by atoms with Crippen molar-refractivity contribution >= 4 is 11.5 Å². The van der Waals surface area contributed by atoms with E-state index < -0.39 is 4.92 Å². The summed E-state index contributed by atoms with van der Waals surface area (Å²) in [5.41, 5.74) is -0.0548. The topological polar surface area (TPSA) is 90.0 Å². The van der Waals surface area contributed by atoms with Gasteiger partial charge in [0.25, 0.3) is 0 Å². The molecular weight excluding hydrogens is 284 g/mol. The van der Waals surface area contributed by atoms with Crippen molar-refractivity contribution in [3.8, 4) is 5.82 Å². The van der Waals surface area contributed by atoms with Crippen molar-refractivity contribution < 1.29 is 4.92 Å². The van der Waals surface area contributed by atoms with Gasteiger partial charge in [-0.15, -0.1) is 0 Å². The standard InChI is InChI=1S/C14H18N6O2/c1-2-11-5-3-4-7-19(11)14-12(20(21)22)13(16-9-17-14)18-8-6-15-10-18/h6,8-11H,2-5,7H2,1H3. The number of hydrogen-bond acceptors (Lipinski definition) is 6. The van der Waals surface area contributed by atoms with Gasteiger partial charge >= 0.3 is 5.69 Å². The second kappa shape index (κ2) is 6.08. The summed E-state index contributed by atoms with van der Waals surface area (Å²) < 4.78 is 1.55. The molecule has 8 heteroatoms. The summed E-state index contributed by atoms with van der Waals surface area (Å²) in [6.45, 7) is 2.90. The Kier molecular flexibility index (Phi) is 3.99. The molecule has 22 heavy (non-hydrogen) atoms. The van der Waals surface area contributed by atoms with Crippen LogP contribution in [-0.2, 0) is 0 Å². The van der Waals surface area contributed by atoms with Crippen molar-refractivity contribution in [3.63, 3.8) is 0 Å². The van der Waals surface area contributed by atoms with Gasteiger partial charge in [0.05, 0.1) is 4.92 Å². The van der Waals surface area contributed by atoms with Gasteiger partial charge in [0, 0.05) is 25.0 Å². The third-order valence-electron chi connectivity index (χ3n) is 4.09. The highest BCUT2D eigenvalue weighted by atomic mass is 16.6. The Morgan fingerprint density at radius 3 is 2.86 bits per heavy atom. The molecule has 1 fully saturated rings. The van der Waals surface area contributed by atoms with Crippen LogP contribution in [0.3, 0.4) is 0 Å². The predicted molar refractivity (Wildman–Crippen MR) is 81.1 cm³/mol. The number of nitrogens with zero attached hydrogens (tertiary/aromatic N) is 6. The molecule has 1 aliphatic rings. The van der Waals surface area contributed by atoms with E-state index in [4.69, 9.17) is 0 Å². The summed E-state index contributed by atoms with van der Waals surface area (Å²) in [4.78, 5) is 25.6. The van der Waals surface area contributed by atoms with Crippen LogP contribution in [0.4, 0.5) is 11.5 Å². The Hall–Kier alpha value is -2.51. The van der Waals surface area contributed by atoms with Gasteiger partial charge in [-0.05, 0) is 25.7 Å². The lowest BCUT2D eigenvalue weighted by molar-refractivity contribution is -0.384. The van der Waals surface area contributed by atoms with Gasteiger partial charge < -0.3 is 4.90 Å². The summed E-state index contributed by atoms with van der Waals surface area (Å²) in [6.07, 6.45) is 10.3. The Labute approximate surface area is 128 Å². The number of nitro groups is 1. The van der Waals surface area contributed by atoms with Crippen LogP contribution in [0.1, 0.15) is 32.6 Å². The Morgan fingerprint density at radius 1 is 1.36 bits per heavy atom. The van der Waals surface area contributed by atoms with E-state index in [2.05, 4.69) is 26.8 Å². The summed E-state index contributed by atoms with van der Waals surface area (Å²) in [6, 6.07) is 0.290. The number of hydrogen-bond donors (Lipinski definition) is 0. The first-order valence-corrected chi connectivity index (χ1v) is 7.46. The Morgan fingerprint density at radius 2 is 2.18 bits per heavy atom. The van der Waals surface area contributed by atoms with Gasteiger partial charge in [0.1, 0.15) is 12.7 Å². The predicted octanol–water partition coefficient (Wildman–Crippen LogP) is 2.34. The molecule has 8 nitrogen and oxygen atoms in total. The third-order valence-corrected chi connectivity index (χ3v) is 4.09. The fraction of sp³-hybridized carbons (Fsp3) is 0.500. The molecule has 2 aromatic rings. The van der Waals surface area contributed by atoms with Gasteiger partial charge in [0.2, 0.25) is 11.6 Å². The Balaban J connectivity index is 2.11. The zero-order valence-electron chi connectivity index (χ0n) is 12.4. The first-order valence-electron chi connectivity index (χ1n) is 7.46. The lowest BCUT2D eigenvalue weighted by atomic mass is 10.00. The number of aromatic nitrogens is 4. The lowest BCUT2D eigenvalue weighted by Gasteiger charge is -2.35. The number of piperidine rings is 1. The minimum absolute atomic E-state index is 0.0548. The average Bonchev–Trinajstić information content (AvgIpc) is 3.08. The third kappa shape index (κ3) is 2.51. The molecule has 3 rings (SSSR count). The van der Waals surface area contributed by atoms with E-state index in [0.29, 0.717) is 5.82 Å². The zero-order valence-corrected chi connectivity index (χ0v) is 12.4. The SMILES string of the molecule is CCC1CCCCN1c1ncnc(-n2ccnc2)c1[N+](=O)[O-]. The Bertz CT molecular complexity index is 657. The van der Waals surface area contributed by atoms with Crippen molar-refractivity contribution in [3.05, 3.63) is 35.2 Å². The van der Waals surface area contributed by atoms with E-state index in [1.165, 1.54) is 12.7 Å². The molecule has 0 amide bonds. The minimum Gasteiger partial charge on any atom is -0.348 e. The van der Waals surface area contributed by atoms with Crippen LogP contribution in [0.2, 0.25) is 0 Å². The van der Waals surface area contributed by atoms with Crippen LogP contribution in [0.5, 0.6) is 0 Å². The smallest absolute Gasteiger partial charge is 0.348 e. The van der Waals surface area contributed by atoms with Crippen molar-refractivity contribution in [1.82, 2.24) is 19.5 Å². The molecule has 0 spiro atoms. The fourth-order valence-electron chi connectivity index (χ4n) is 3.01. The molecular formula is C14H18N6O2. The number of imidazole rings is 1. The van der Waals surface area contributed by atoms with Gasteiger partial charge in [-0.1, -0.05) is 6.92 Å². The van der Waals surface area contributed by atoms with Crippen LogP contribution in [0.15, 0.2) is 25.0 Å². The van der Waals surface area contributed by atoms with Crippen LogP contribution < -0.4 is 4.90 Å². The van der Waals surface area contributed by atoms with E-state index in [9.17, 15) is 10.1 Å². The first kappa shape index (κ1) is 14.4. The van der Waals surface area contributed by atoms with E-state index in [-0.39, 0.29) is 17.5 Å². The van der Waals surface area contributed by atoms with Crippen molar-refractivity contribution in [2.75, 3.05) is 11.4 Å². The highest BCUT2D eigenvalue weighted by Crippen LogP contribution is 2.34. The zero-order chi connectivity index (χ0) is 15.5. The minimum atomic E-state index is -0.397. The molecule has 1 unspecified atom stereocenters. The molecule has 2 aromatic heterocycles. The highest BCUT2D eigenvalue weighted by Gasteiger charge is 2.32. The van der Waals surface area contributed by atoms with Crippen LogP contribution in [-0.4, -0.2) is 37.0 Å². The summed E-state index contributed by atoms with van der Waals surface area (Å²) >= 11 is 0. The molecule has 0 N–H and O–H groups in total. The maximum absolute atomic E-state index is 11.6. The largest absolute Gasteiger partial charge is 0.354 e.